The summed E-state index contributed by atoms with van der Waals surface area (Å²) in [5.41, 5.74) is 0. The number of carboxylic acids is 3. The number of unbranched alkanes of at least 4 members (excludes halogenated alkanes) is 25. The van der Waals surface area contributed by atoms with Crippen LogP contribution >= 0.6 is 0 Å². The maximum Gasteiger partial charge on any atom is 0.364 e. The standard InChI is InChI=1S/C80H142N4O35/c1-5-7-8-9-10-11-12-13-14-15-16-17-18-19-20-21-22-27-30-33-36-51(91)73(105)82-49(50(90)35-32-29-26-24-23-25-28-31-34-47(3)6-2)44-112-74-69(104)68(103)67(102)58(115-74)45-113-79(76(108)109)39-57(63(81-48(4)89)72(118-79)66(101)56(96)42-87)116-80(77(110)111)38-53(93)62(71(119-80)65(100)55(95)41-86)84-60(98)46-114-78(75(106)107)37-52(92)61(83-59(97)43-88)70(117-78)64(99)54(94)40-85/h32,35,47,49-58,61-72,74,85-88,90-96,99-104H,5-31,33-34,36-46H2,1-4H3,(H,81,89)(H,82,105)(H,83,97)(H,84,98)(H,106,107)(H,108,109)(H,110,111)/b35-32+/t47?,49?,50?,51?,52-,53-,54?,55?,56?,57-,58+,61+,62+,63+,64?,65?,66?,67+,68-,69+,70+,71+,72+,74?,78?,79?,80?/m0/s1. The van der Waals surface area contributed by atoms with Crippen molar-refractivity contribution in [2.75, 3.05) is 46.2 Å². The Balaban J connectivity index is 1.57. The number of aliphatic hydroxyl groups is 17. The van der Waals surface area contributed by atoms with Gasteiger partial charge in [-0.05, 0) is 25.2 Å². The summed E-state index contributed by atoms with van der Waals surface area (Å²) in [7, 11) is 0. The molecule has 4 aliphatic heterocycles. The van der Waals surface area contributed by atoms with Crippen LogP contribution in [0.3, 0.4) is 0 Å². The molecule has 4 aliphatic rings. The van der Waals surface area contributed by atoms with Crippen molar-refractivity contribution in [2.45, 2.75) is 397 Å². The van der Waals surface area contributed by atoms with Crippen LogP contribution < -0.4 is 21.3 Å². The number of carbonyl (C=O) groups excluding carboxylic acids is 4. The van der Waals surface area contributed by atoms with Crippen molar-refractivity contribution >= 4 is 41.5 Å². The lowest BCUT2D eigenvalue weighted by atomic mass is 9.86. The summed E-state index contributed by atoms with van der Waals surface area (Å²) in [6, 6.07) is -7.57. The van der Waals surface area contributed by atoms with Gasteiger partial charge in [-0.2, -0.15) is 0 Å². The Hall–Kier alpha value is -4.97. The summed E-state index contributed by atoms with van der Waals surface area (Å²) < 4.78 is 46.3. The van der Waals surface area contributed by atoms with Gasteiger partial charge < -0.3 is 161 Å². The Labute approximate surface area is 695 Å². The van der Waals surface area contributed by atoms with Crippen molar-refractivity contribution in [2.24, 2.45) is 5.92 Å². The van der Waals surface area contributed by atoms with E-state index in [4.69, 9.17) is 37.9 Å². The molecular formula is C80H142N4O35. The SMILES string of the molecule is CCCCCCCCCCCCCCCCCCCCCCC(O)C(=O)NC(COC1O[C@H](COC2(C(=O)O)C[C@H](OC3(C(=O)O)C[C@H](O)[C@@H](NC(=O)COC4(C(=O)O)C[C@H](O)[C@@H](NC(=O)CO)[C@H](C(O)C(O)CO)O4)[C@H](C(O)C(O)CO)O3)[C@@H](NC(C)=O)[C@H](C(O)C(O)CO)O2)[C@@H](O)[C@H](O)[C@H]1O)C(O)/C=C/CCCCCCCCC(C)CC. The van der Waals surface area contributed by atoms with Gasteiger partial charge in [0.25, 0.3) is 17.4 Å². The number of aliphatic hydroxyl groups excluding tert-OH is 17. The number of nitrogens with one attached hydrogen (secondary N) is 4. The summed E-state index contributed by atoms with van der Waals surface area (Å²) in [5, 5.41) is 227. The smallest absolute Gasteiger partial charge is 0.364 e. The minimum Gasteiger partial charge on any atom is -0.477 e. The Kier molecular flexibility index (Phi) is 49.5. The molecule has 0 aliphatic carbocycles. The molecule has 39 heteroatoms. The Morgan fingerprint density at radius 1 is 0.496 bits per heavy atom. The number of carbonyl (C=O) groups is 7. The molecule has 0 saturated carbocycles. The number of allylic oxidation sites excluding steroid dienone is 1. The summed E-state index contributed by atoms with van der Waals surface area (Å²) >= 11 is 0. The first-order valence-corrected chi connectivity index (χ1v) is 42.6. The third kappa shape index (κ3) is 34.1. The lowest BCUT2D eigenvalue weighted by molar-refractivity contribution is -0.365. The molecule has 4 amide bonds. The first-order chi connectivity index (χ1) is 56.6. The van der Waals surface area contributed by atoms with E-state index in [1.165, 1.54) is 96.0 Å². The van der Waals surface area contributed by atoms with Crippen LogP contribution in [0, 0.1) is 5.92 Å². The van der Waals surface area contributed by atoms with Crippen LogP contribution in [0.25, 0.3) is 0 Å². The van der Waals surface area contributed by atoms with Crippen molar-refractivity contribution < 1.29 is 174 Å². The topological polar surface area (TPSA) is 646 Å². The second-order valence-corrected chi connectivity index (χ2v) is 32.3. The van der Waals surface area contributed by atoms with Crippen LogP contribution in [0.15, 0.2) is 12.2 Å². The molecule has 0 aromatic rings. The van der Waals surface area contributed by atoms with Crippen LogP contribution in [0.2, 0.25) is 0 Å². The maximum absolute atomic E-state index is 13.9. The van der Waals surface area contributed by atoms with Crippen LogP contribution in [0.5, 0.6) is 0 Å². The fourth-order valence-corrected chi connectivity index (χ4v) is 15.2. The number of rotatable bonds is 62. The zero-order valence-corrected chi connectivity index (χ0v) is 69.4. The monoisotopic (exact) mass is 1720 g/mol. The third-order valence-corrected chi connectivity index (χ3v) is 22.7. The minimum absolute atomic E-state index is 0.0757. The van der Waals surface area contributed by atoms with E-state index in [-0.39, 0.29) is 6.42 Å². The number of hydrogen-bond donors (Lipinski definition) is 24. The van der Waals surface area contributed by atoms with Crippen molar-refractivity contribution in [3.63, 3.8) is 0 Å². The molecular weight excluding hydrogens is 1580 g/mol. The first-order valence-electron chi connectivity index (χ1n) is 42.6. The van der Waals surface area contributed by atoms with E-state index in [0.29, 0.717) is 18.8 Å². The molecule has 692 valence electrons. The maximum atomic E-state index is 13.9. The Bertz CT molecular complexity index is 2950. The van der Waals surface area contributed by atoms with E-state index in [1.54, 1.807) is 6.08 Å². The van der Waals surface area contributed by atoms with Crippen LogP contribution in [0.4, 0.5) is 0 Å². The lowest BCUT2D eigenvalue weighted by Crippen LogP contribution is -2.72. The van der Waals surface area contributed by atoms with E-state index in [9.17, 15) is 136 Å². The van der Waals surface area contributed by atoms with Gasteiger partial charge in [0.2, 0.25) is 23.6 Å². The van der Waals surface area contributed by atoms with Gasteiger partial charge in [-0.1, -0.05) is 206 Å². The number of amides is 4. The van der Waals surface area contributed by atoms with Gasteiger partial charge in [-0.15, -0.1) is 0 Å². The van der Waals surface area contributed by atoms with Gasteiger partial charge in [0.1, 0.15) is 98.7 Å². The Morgan fingerprint density at radius 2 is 0.916 bits per heavy atom. The summed E-state index contributed by atoms with van der Waals surface area (Å²) in [5.74, 6) is -20.8. The summed E-state index contributed by atoms with van der Waals surface area (Å²) in [4.78, 5) is 93.6. The number of aliphatic carboxylic acids is 3. The van der Waals surface area contributed by atoms with Gasteiger partial charge in [0, 0.05) is 26.2 Å². The van der Waals surface area contributed by atoms with E-state index in [1.807, 2.05) is 0 Å². The molecule has 0 aromatic heterocycles. The van der Waals surface area contributed by atoms with Crippen LogP contribution in [-0.4, -0.2) is 348 Å². The quantitative estimate of drug-likeness (QED) is 0.0241. The van der Waals surface area contributed by atoms with E-state index in [2.05, 4.69) is 42.0 Å². The highest BCUT2D eigenvalue weighted by Crippen LogP contribution is 2.42. The number of carboxylic acid groups (broad SMARTS) is 3. The zero-order valence-electron chi connectivity index (χ0n) is 69.4. The molecule has 0 spiro atoms. The molecule has 4 heterocycles. The average Bonchev–Trinajstić information content (AvgIpc) is 0.745. The lowest BCUT2D eigenvalue weighted by Gasteiger charge is -2.52. The van der Waals surface area contributed by atoms with E-state index in [0.717, 1.165) is 90.4 Å². The van der Waals surface area contributed by atoms with Gasteiger partial charge >= 0.3 is 17.9 Å². The average molecular weight is 1720 g/mol. The van der Waals surface area contributed by atoms with Crippen LogP contribution in [0.1, 0.15) is 240 Å². The third-order valence-electron chi connectivity index (χ3n) is 22.7. The van der Waals surface area contributed by atoms with E-state index >= 15 is 0 Å². The number of hydrogen-bond acceptors (Lipinski definition) is 32. The van der Waals surface area contributed by atoms with Crippen molar-refractivity contribution in [1.82, 2.24) is 21.3 Å². The molecule has 4 rings (SSSR count). The molecule has 0 bridgehead atoms. The highest BCUT2D eigenvalue weighted by molar-refractivity contribution is 5.82. The normalized spacial score (nSPS) is 29.9. The highest BCUT2D eigenvalue weighted by atomic mass is 16.8. The predicted molar refractivity (Wildman–Crippen MR) is 419 cm³/mol. The molecule has 4 fully saturated rings. The van der Waals surface area contributed by atoms with Crippen molar-refractivity contribution in [3.05, 3.63) is 12.2 Å². The second-order valence-electron chi connectivity index (χ2n) is 32.3. The molecule has 27 atom stereocenters. The Morgan fingerprint density at radius 3 is 1.36 bits per heavy atom. The molecule has 4 saturated heterocycles. The van der Waals surface area contributed by atoms with Crippen molar-refractivity contribution in [3.8, 4) is 0 Å². The van der Waals surface area contributed by atoms with Gasteiger partial charge in [0.05, 0.1) is 81.6 Å². The predicted octanol–water partition coefficient (Wildman–Crippen LogP) is -1.59. The fourth-order valence-electron chi connectivity index (χ4n) is 15.2. The van der Waals surface area contributed by atoms with E-state index < -0.39 is 265 Å². The largest absolute Gasteiger partial charge is 0.477 e. The first kappa shape index (κ1) is 106. The zero-order chi connectivity index (χ0) is 88.6. The molecule has 24 N–H and O–H groups in total. The van der Waals surface area contributed by atoms with Crippen molar-refractivity contribution in [1.29, 1.82) is 0 Å². The molecule has 39 nitrogen and oxygen atoms in total. The van der Waals surface area contributed by atoms with Crippen LogP contribution in [-0.2, 0) is 71.5 Å². The van der Waals surface area contributed by atoms with Gasteiger partial charge in [0.15, 0.2) is 6.29 Å². The van der Waals surface area contributed by atoms with Gasteiger partial charge in [-0.25, -0.2) is 14.4 Å². The second kappa shape index (κ2) is 55.4. The number of ether oxygens (including phenoxy) is 8. The summed E-state index contributed by atoms with van der Waals surface area (Å²) in [6.45, 7) is -1.15. The molecule has 0 radical (unpaired) electrons. The molecule has 0 aromatic carbocycles. The minimum atomic E-state index is -3.55. The molecule has 14 unspecified atom stereocenters. The fraction of sp³-hybridized carbons (Fsp3) is 0.887. The highest BCUT2D eigenvalue weighted by Gasteiger charge is 2.63. The molecule has 119 heavy (non-hydrogen) atoms. The van der Waals surface area contributed by atoms with Gasteiger partial charge in [-0.3, -0.25) is 19.2 Å². The summed E-state index contributed by atoms with van der Waals surface area (Å²) in [6.07, 6.45) is -10.8.